The highest BCUT2D eigenvalue weighted by Crippen LogP contribution is 2.27. The van der Waals surface area contributed by atoms with Crippen LogP contribution in [0.15, 0.2) is 18.2 Å². The summed E-state index contributed by atoms with van der Waals surface area (Å²) in [4.78, 5) is 10.9. The topological polar surface area (TPSA) is 47.6 Å². The molecule has 1 aromatic rings. The number of rotatable bonds is 6. The number of amides is 1. The average molecular weight is 276 g/mol. The lowest BCUT2D eigenvalue weighted by molar-refractivity contribution is -0.123. The number of carbonyl (C=O) groups excluding carboxylic acids is 1. The molecule has 1 aromatic carbocycles. The van der Waals surface area contributed by atoms with Crippen molar-refractivity contribution in [3.05, 3.63) is 23.8 Å². The zero-order chi connectivity index (χ0) is 13.5. The van der Waals surface area contributed by atoms with Gasteiger partial charge in [-0.05, 0) is 24.1 Å². The first kappa shape index (κ1) is 14.6. The van der Waals surface area contributed by atoms with Crippen molar-refractivity contribution in [1.29, 1.82) is 0 Å². The van der Waals surface area contributed by atoms with Crippen molar-refractivity contribution in [3.8, 4) is 11.5 Å². The molecule has 100 valence electrons. The number of carbonyl (C=O) groups is 1. The number of nitrogens with one attached hydrogen (secondary N) is 1. The summed E-state index contributed by atoms with van der Waals surface area (Å²) >= 11 is 4.98. The fraction of sp³-hybridized carbons (Fsp3) is 0.417. The van der Waals surface area contributed by atoms with Crippen LogP contribution in [-0.2, 0) is 11.2 Å². The summed E-state index contributed by atoms with van der Waals surface area (Å²) in [6.07, 6.45) is 0.551. The normalized spacial score (nSPS) is 11.8. The molecule has 0 bridgehead atoms. The van der Waals surface area contributed by atoms with Crippen molar-refractivity contribution in [2.45, 2.75) is 12.1 Å². The van der Waals surface area contributed by atoms with E-state index in [1.165, 1.54) is 0 Å². The number of alkyl halides is 2. The van der Waals surface area contributed by atoms with Crippen LogP contribution in [0.3, 0.4) is 0 Å². The molecule has 6 heteroatoms. The van der Waals surface area contributed by atoms with Gasteiger partial charge < -0.3 is 14.8 Å². The Morgan fingerprint density at radius 2 is 2.06 bits per heavy atom. The van der Waals surface area contributed by atoms with Gasteiger partial charge in [0.15, 0.2) is 11.5 Å². The molecule has 1 rings (SSSR count). The predicted molar refractivity (Wildman–Crippen MR) is 67.0 cm³/mol. The number of ether oxygens (including phenoxy) is 2. The third kappa shape index (κ3) is 4.07. The van der Waals surface area contributed by atoms with Crippen molar-refractivity contribution in [3.63, 3.8) is 0 Å². The molecule has 0 radical (unpaired) electrons. The van der Waals surface area contributed by atoms with E-state index >= 15 is 0 Å². The Bertz CT molecular complexity index is 412. The molecule has 0 saturated carbocycles. The molecule has 1 N–H and O–H groups in total. The smallest absolute Gasteiger partial charge is 0.270 e. The first-order valence-corrected chi connectivity index (χ1v) is 5.79. The first-order chi connectivity index (χ1) is 8.58. The summed E-state index contributed by atoms with van der Waals surface area (Å²) in [5.41, 5.74) is -1.06. The molecule has 0 fully saturated rings. The molecule has 1 amide bonds. The van der Waals surface area contributed by atoms with E-state index in [-0.39, 0.29) is 0 Å². The standard InChI is InChI=1S/C12H15ClFNO3/c1-17-9-4-3-8(7-10(9)18-2)5-6-15-12(16)11(13)14/h3-4,7,11H,5-6H2,1-2H3,(H,15,16). The van der Waals surface area contributed by atoms with E-state index in [2.05, 4.69) is 5.32 Å². The van der Waals surface area contributed by atoms with E-state index in [9.17, 15) is 9.18 Å². The summed E-state index contributed by atoms with van der Waals surface area (Å²) < 4.78 is 22.6. The van der Waals surface area contributed by atoms with Gasteiger partial charge in [-0.3, -0.25) is 4.79 Å². The van der Waals surface area contributed by atoms with Crippen molar-refractivity contribution >= 4 is 17.5 Å². The first-order valence-electron chi connectivity index (χ1n) is 5.35. The number of benzene rings is 1. The van der Waals surface area contributed by atoms with Gasteiger partial charge in [0.05, 0.1) is 14.2 Å². The molecule has 0 aliphatic carbocycles. The molecule has 0 aliphatic rings. The predicted octanol–water partition coefficient (Wildman–Crippen LogP) is 1.90. The molecule has 0 saturated heterocycles. The van der Waals surface area contributed by atoms with Gasteiger partial charge in [-0.2, -0.15) is 0 Å². The highest BCUT2D eigenvalue weighted by Gasteiger charge is 2.12. The van der Waals surface area contributed by atoms with Gasteiger partial charge in [0.1, 0.15) is 0 Å². The molecule has 1 atom stereocenters. The van der Waals surface area contributed by atoms with Gasteiger partial charge in [-0.15, -0.1) is 0 Å². The number of hydrogen-bond donors (Lipinski definition) is 1. The zero-order valence-electron chi connectivity index (χ0n) is 10.2. The monoisotopic (exact) mass is 275 g/mol. The minimum Gasteiger partial charge on any atom is -0.493 e. The quantitative estimate of drug-likeness (QED) is 0.807. The van der Waals surface area contributed by atoms with Crippen LogP contribution in [0.25, 0.3) is 0 Å². The Morgan fingerprint density at radius 3 is 2.61 bits per heavy atom. The lowest BCUT2D eigenvalue weighted by atomic mass is 10.1. The minimum absolute atomic E-state index is 0.307. The second-order valence-corrected chi connectivity index (χ2v) is 3.91. The Balaban J connectivity index is 2.55. The van der Waals surface area contributed by atoms with Crippen LogP contribution in [0, 0.1) is 0 Å². The van der Waals surface area contributed by atoms with Crippen LogP contribution in [0.2, 0.25) is 0 Å². The maximum Gasteiger partial charge on any atom is 0.270 e. The van der Waals surface area contributed by atoms with E-state index in [0.717, 1.165) is 5.56 Å². The molecule has 0 aromatic heterocycles. The number of halogens is 2. The summed E-state index contributed by atoms with van der Waals surface area (Å²) in [6, 6.07) is 5.43. The third-order valence-electron chi connectivity index (χ3n) is 2.36. The molecule has 0 heterocycles. The van der Waals surface area contributed by atoms with E-state index in [1.54, 1.807) is 26.4 Å². The van der Waals surface area contributed by atoms with Crippen molar-refractivity contribution in [2.24, 2.45) is 0 Å². The maximum atomic E-state index is 12.4. The Morgan fingerprint density at radius 1 is 1.39 bits per heavy atom. The third-order valence-corrected chi connectivity index (χ3v) is 2.56. The van der Waals surface area contributed by atoms with Crippen LogP contribution in [-0.4, -0.2) is 32.3 Å². The Kier molecular flexibility index (Phi) is 5.71. The lowest BCUT2D eigenvalue weighted by Crippen LogP contribution is -2.30. The Labute approximate surface area is 110 Å². The van der Waals surface area contributed by atoms with Crippen LogP contribution < -0.4 is 14.8 Å². The zero-order valence-corrected chi connectivity index (χ0v) is 11.0. The van der Waals surface area contributed by atoms with Crippen LogP contribution in [0.1, 0.15) is 5.56 Å². The SMILES string of the molecule is COc1ccc(CCNC(=O)C(F)Cl)cc1OC. The largest absolute Gasteiger partial charge is 0.493 e. The molecule has 1 unspecified atom stereocenters. The minimum atomic E-state index is -2.00. The van der Waals surface area contributed by atoms with Crippen LogP contribution >= 0.6 is 11.6 Å². The van der Waals surface area contributed by atoms with Crippen LogP contribution in [0.5, 0.6) is 11.5 Å². The van der Waals surface area contributed by atoms with E-state index in [1.807, 2.05) is 6.07 Å². The molecule has 18 heavy (non-hydrogen) atoms. The molecular weight excluding hydrogens is 261 g/mol. The van der Waals surface area contributed by atoms with Crippen molar-refractivity contribution in [2.75, 3.05) is 20.8 Å². The second kappa shape index (κ2) is 7.06. The van der Waals surface area contributed by atoms with Crippen molar-refractivity contribution < 1.29 is 18.7 Å². The van der Waals surface area contributed by atoms with Crippen molar-refractivity contribution in [1.82, 2.24) is 5.32 Å². The second-order valence-electron chi connectivity index (χ2n) is 3.53. The maximum absolute atomic E-state index is 12.4. The summed E-state index contributed by atoms with van der Waals surface area (Å²) in [5.74, 6) is 0.425. The van der Waals surface area contributed by atoms with Gasteiger partial charge in [-0.1, -0.05) is 17.7 Å². The van der Waals surface area contributed by atoms with Gasteiger partial charge in [0, 0.05) is 6.54 Å². The van der Waals surface area contributed by atoms with Crippen LogP contribution in [0.4, 0.5) is 4.39 Å². The summed E-state index contributed by atoms with van der Waals surface area (Å²) in [5, 5.41) is 2.38. The number of methoxy groups -OCH3 is 2. The molecule has 4 nitrogen and oxygen atoms in total. The molecule has 0 spiro atoms. The van der Waals surface area contributed by atoms with E-state index in [0.29, 0.717) is 24.5 Å². The highest BCUT2D eigenvalue weighted by atomic mass is 35.5. The molecule has 0 aliphatic heterocycles. The fourth-order valence-electron chi connectivity index (χ4n) is 1.44. The van der Waals surface area contributed by atoms with E-state index in [4.69, 9.17) is 21.1 Å². The van der Waals surface area contributed by atoms with E-state index < -0.39 is 11.5 Å². The van der Waals surface area contributed by atoms with Gasteiger partial charge in [0.25, 0.3) is 11.5 Å². The van der Waals surface area contributed by atoms with Gasteiger partial charge >= 0.3 is 0 Å². The fourth-order valence-corrected chi connectivity index (χ4v) is 1.52. The lowest BCUT2D eigenvalue weighted by Gasteiger charge is -2.10. The summed E-state index contributed by atoms with van der Waals surface area (Å²) in [6.45, 7) is 0.307. The Hall–Kier alpha value is -1.49. The van der Waals surface area contributed by atoms with Gasteiger partial charge in [-0.25, -0.2) is 4.39 Å². The summed E-state index contributed by atoms with van der Waals surface area (Å²) in [7, 11) is 3.10. The highest BCUT2D eigenvalue weighted by molar-refractivity contribution is 6.29. The van der Waals surface area contributed by atoms with Gasteiger partial charge in [0.2, 0.25) is 0 Å². The average Bonchev–Trinajstić information content (AvgIpc) is 2.38. The molecular formula is C12H15ClFNO3. The number of hydrogen-bond acceptors (Lipinski definition) is 3.